The van der Waals surface area contributed by atoms with Gasteiger partial charge in [0.05, 0.1) is 6.61 Å². The molecule has 0 fully saturated rings. The molecule has 0 N–H and O–H groups in total. The second kappa shape index (κ2) is 4.11. The highest BCUT2D eigenvalue weighted by Gasteiger charge is 2.15. The number of aromatic nitrogens is 2. The summed E-state index contributed by atoms with van der Waals surface area (Å²) >= 11 is 1.59. The Balaban J connectivity index is 2.46. The van der Waals surface area contributed by atoms with E-state index >= 15 is 0 Å². The maximum absolute atomic E-state index is 5.08. The fourth-order valence-electron chi connectivity index (χ4n) is 1.46. The first kappa shape index (κ1) is 11.5. The molecule has 86 valence electrons. The summed E-state index contributed by atoms with van der Waals surface area (Å²) in [7, 11) is 1.68. The zero-order valence-corrected chi connectivity index (χ0v) is 10.9. The molecule has 4 heteroatoms. The molecule has 0 aliphatic carbocycles. The van der Waals surface area contributed by atoms with E-state index in [2.05, 4.69) is 36.8 Å². The van der Waals surface area contributed by atoms with Crippen LogP contribution in [0.2, 0.25) is 0 Å². The van der Waals surface area contributed by atoms with Gasteiger partial charge in [-0.3, -0.25) is 0 Å². The number of hydrogen-bond donors (Lipinski definition) is 0. The number of ether oxygens (including phenoxy) is 1. The molecular formula is C12H16N2OS. The van der Waals surface area contributed by atoms with Gasteiger partial charge in [-0.15, -0.1) is 0 Å². The van der Waals surface area contributed by atoms with Crippen LogP contribution in [0.25, 0.3) is 10.3 Å². The molecule has 0 aliphatic heterocycles. The molecule has 0 bridgehead atoms. The second-order valence-electron chi connectivity index (χ2n) is 4.84. The van der Waals surface area contributed by atoms with E-state index in [-0.39, 0.29) is 5.41 Å². The molecule has 0 spiro atoms. The van der Waals surface area contributed by atoms with E-state index in [1.807, 2.05) is 6.20 Å². The minimum absolute atomic E-state index is 0.117. The average molecular weight is 236 g/mol. The number of hydrogen-bond acceptors (Lipinski definition) is 4. The van der Waals surface area contributed by atoms with Crippen LogP contribution in [0.5, 0.6) is 0 Å². The summed E-state index contributed by atoms with van der Waals surface area (Å²) in [6.45, 7) is 7.10. The highest BCUT2D eigenvalue weighted by molar-refractivity contribution is 7.18. The summed E-state index contributed by atoms with van der Waals surface area (Å²) in [5, 5.41) is 0.982. The van der Waals surface area contributed by atoms with Crippen LogP contribution in [0.1, 0.15) is 31.3 Å². The van der Waals surface area contributed by atoms with Crippen LogP contribution in [0, 0.1) is 0 Å². The first-order valence-electron chi connectivity index (χ1n) is 5.25. The Hall–Kier alpha value is -1.00. The Morgan fingerprint density at radius 1 is 1.38 bits per heavy atom. The Morgan fingerprint density at radius 2 is 2.12 bits per heavy atom. The first-order chi connectivity index (χ1) is 7.50. The third kappa shape index (κ3) is 2.23. The summed E-state index contributed by atoms with van der Waals surface area (Å²) in [5.74, 6) is 0. The molecule has 0 saturated carbocycles. The number of pyridine rings is 1. The third-order valence-corrected chi connectivity index (χ3v) is 3.38. The van der Waals surface area contributed by atoms with Crippen molar-refractivity contribution in [3.05, 3.63) is 22.8 Å². The zero-order valence-electron chi connectivity index (χ0n) is 10.1. The molecular weight excluding hydrogens is 220 g/mol. The summed E-state index contributed by atoms with van der Waals surface area (Å²) < 4.78 is 5.08. The molecule has 2 heterocycles. The fourth-order valence-corrected chi connectivity index (χ4v) is 2.32. The molecule has 2 rings (SSSR count). The van der Waals surface area contributed by atoms with Gasteiger partial charge in [0.1, 0.15) is 15.4 Å². The maximum atomic E-state index is 5.08. The Morgan fingerprint density at radius 3 is 2.75 bits per heavy atom. The van der Waals surface area contributed by atoms with Crippen molar-refractivity contribution in [2.75, 3.05) is 7.11 Å². The molecule has 0 saturated heterocycles. The van der Waals surface area contributed by atoms with E-state index in [0.717, 1.165) is 15.4 Å². The minimum atomic E-state index is 0.117. The smallest absolute Gasteiger partial charge is 0.143 e. The van der Waals surface area contributed by atoms with Crippen LogP contribution in [0.15, 0.2) is 12.3 Å². The van der Waals surface area contributed by atoms with Crippen LogP contribution in [0.4, 0.5) is 0 Å². The van der Waals surface area contributed by atoms with E-state index in [9.17, 15) is 0 Å². The van der Waals surface area contributed by atoms with Gasteiger partial charge in [0.15, 0.2) is 0 Å². The monoisotopic (exact) mass is 236 g/mol. The standard InChI is InChI=1S/C12H16N2OS/c1-12(2,3)8-5-9-11(13-6-8)16-10(14-9)7-15-4/h5-6H,7H2,1-4H3. The topological polar surface area (TPSA) is 35.0 Å². The molecule has 0 radical (unpaired) electrons. The van der Waals surface area contributed by atoms with Gasteiger partial charge in [0, 0.05) is 13.3 Å². The van der Waals surface area contributed by atoms with Gasteiger partial charge in [-0.05, 0) is 17.0 Å². The predicted molar refractivity (Wildman–Crippen MR) is 66.8 cm³/mol. The molecule has 0 aromatic carbocycles. The molecule has 2 aromatic heterocycles. The number of methoxy groups -OCH3 is 1. The van der Waals surface area contributed by atoms with Gasteiger partial charge in [-0.2, -0.15) is 0 Å². The predicted octanol–water partition coefficient (Wildman–Crippen LogP) is 3.14. The van der Waals surface area contributed by atoms with Gasteiger partial charge < -0.3 is 4.74 Å². The summed E-state index contributed by atoms with van der Waals surface area (Å²) in [6.07, 6.45) is 1.94. The van der Waals surface area contributed by atoms with Crippen molar-refractivity contribution in [1.29, 1.82) is 0 Å². The summed E-state index contributed by atoms with van der Waals surface area (Å²) in [6, 6.07) is 2.12. The Bertz CT molecular complexity index is 499. The van der Waals surface area contributed by atoms with Crippen molar-refractivity contribution < 1.29 is 4.74 Å². The number of rotatable bonds is 2. The number of nitrogens with zero attached hydrogens (tertiary/aromatic N) is 2. The number of fused-ring (bicyclic) bond motifs is 1. The van der Waals surface area contributed by atoms with Gasteiger partial charge >= 0.3 is 0 Å². The molecule has 0 atom stereocenters. The second-order valence-corrected chi connectivity index (χ2v) is 5.90. The van der Waals surface area contributed by atoms with Crippen molar-refractivity contribution in [3.8, 4) is 0 Å². The Labute approximate surface area is 99.5 Å². The van der Waals surface area contributed by atoms with E-state index in [1.165, 1.54) is 5.56 Å². The van der Waals surface area contributed by atoms with Crippen LogP contribution < -0.4 is 0 Å². The summed E-state index contributed by atoms with van der Waals surface area (Å²) in [5.41, 5.74) is 2.31. The lowest BCUT2D eigenvalue weighted by Crippen LogP contribution is -2.11. The Kier molecular flexibility index (Phi) is 2.95. The van der Waals surface area contributed by atoms with E-state index in [4.69, 9.17) is 4.74 Å². The highest BCUT2D eigenvalue weighted by atomic mass is 32.1. The largest absolute Gasteiger partial charge is 0.378 e. The molecule has 2 aromatic rings. The normalized spacial score (nSPS) is 12.2. The van der Waals surface area contributed by atoms with E-state index < -0.39 is 0 Å². The van der Waals surface area contributed by atoms with Crippen LogP contribution in [0.3, 0.4) is 0 Å². The minimum Gasteiger partial charge on any atom is -0.378 e. The van der Waals surface area contributed by atoms with Crippen LogP contribution in [-0.4, -0.2) is 17.1 Å². The average Bonchev–Trinajstić information content (AvgIpc) is 2.57. The molecule has 16 heavy (non-hydrogen) atoms. The van der Waals surface area contributed by atoms with Crippen molar-refractivity contribution in [2.24, 2.45) is 0 Å². The zero-order chi connectivity index (χ0) is 11.8. The molecule has 3 nitrogen and oxygen atoms in total. The van der Waals surface area contributed by atoms with E-state index in [0.29, 0.717) is 6.61 Å². The van der Waals surface area contributed by atoms with Crippen molar-refractivity contribution in [2.45, 2.75) is 32.8 Å². The molecule has 0 aliphatic rings. The van der Waals surface area contributed by atoms with Crippen molar-refractivity contribution >= 4 is 21.7 Å². The lowest BCUT2D eigenvalue weighted by Gasteiger charge is -2.17. The van der Waals surface area contributed by atoms with Crippen molar-refractivity contribution in [3.63, 3.8) is 0 Å². The van der Waals surface area contributed by atoms with Crippen LogP contribution in [-0.2, 0) is 16.8 Å². The number of thiazole rings is 1. The lowest BCUT2D eigenvalue weighted by molar-refractivity contribution is 0.184. The van der Waals surface area contributed by atoms with Gasteiger partial charge in [0.2, 0.25) is 0 Å². The van der Waals surface area contributed by atoms with Gasteiger partial charge in [-0.25, -0.2) is 9.97 Å². The quantitative estimate of drug-likeness (QED) is 0.803. The lowest BCUT2D eigenvalue weighted by atomic mass is 9.88. The van der Waals surface area contributed by atoms with E-state index in [1.54, 1.807) is 18.4 Å². The fraction of sp³-hybridized carbons (Fsp3) is 0.500. The third-order valence-electron chi connectivity index (χ3n) is 2.43. The van der Waals surface area contributed by atoms with Crippen LogP contribution >= 0.6 is 11.3 Å². The molecule has 0 amide bonds. The maximum Gasteiger partial charge on any atom is 0.143 e. The van der Waals surface area contributed by atoms with Gasteiger partial charge in [-0.1, -0.05) is 32.1 Å². The van der Waals surface area contributed by atoms with Gasteiger partial charge in [0.25, 0.3) is 0 Å². The SMILES string of the molecule is COCc1nc2cc(C(C)(C)C)cnc2s1. The molecule has 0 unspecified atom stereocenters. The summed E-state index contributed by atoms with van der Waals surface area (Å²) in [4.78, 5) is 9.94. The highest BCUT2D eigenvalue weighted by Crippen LogP contribution is 2.27. The first-order valence-corrected chi connectivity index (χ1v) is 6.07. The van der Waals surface area contributed by atoms with Crippen molar-refractivity contribution in [1.82, 2.24) is 9.97 Å².